The van der Waals surface area contributed by atoms with Crippen molar-refractivity contribution in [2.45, 2.75) is 18.9 Å². The third kappa shape index (κ3) is 2.80. The maximum atomic E-state index is 12.4. The Kier molecular flexibility index (Phi) is 4.02. The van der Waals surface area contributed by atoms with Gasteiger partial charge in [0.25, 0.3) is 5.91 Å². The molecule has 1 unspecified atom stereocenters. The lowest BCUT2D eigenvalue weighted by Crippen LogP contribution is -3.11. The number of amides is 3. The Morgan fingerprint density at radius 1 is 1.29 bits per heavy atom. The molecular weight excluding hydrogens is 310 g/mol. The second-order valence-electron chi connectivity index (χ2n) is 6.46. The van der Waals surface area contributed by atoms with Crippen molar-refractivity contribution in [3.63, 3.8) is 0 Å². The van der Waals surface area contributed by atoms with Crippen LogP contribution in [0.4, 0.5) is 4.79 Å². The third-order valence-electron chi connectivity index (χ3n) is 4.99. The summed E-state index contributed by atoms with van der Waals surface area (Å²) in [6.45, 7) is 3.47. The van der Waals surface area contributed by atoms with E-state index in [1.807, 2.05) is 12.1 Å². The van der Waals surface area contributed by atoms with Gasteiger partial charge in [0.05, 0.1) is 6.54 Å². The first-order valence-electron chi connectivity index (χ1n) is 8.55. The smallest absolute Gasteiger partial charge is 0.324 e. The number of nitrogens with one attached hydrogen (secondary N) is 2. The summed E-state index contributed by atoms with van der Waals surface area (Å²) in [4.78, 5) is 26.6. The van der Waals surface area contributed by atoms with E-state index in [4.69, 9.17) is 9.47 Å². The van der Waals surface area contributed by atoms with Gasteiger partial charge in [-0.1, -0.05) is 0 Å². The number of hydrogen-bond acceptors (Lipinski definition) is 4. The molecule has 1 aromatic carbocycles. The van der Waals surface area contributed by atoms with Crippen LogP contribution in [-0.4, -0.2) is 56.2 Å². The predicted octanol–water partition coefficient (Wildman–Crippen LogP) is -0.271. The second kappa shape index (κ2) is 6.32. The van der Waals surface area contributed by atoms with Crippen LogP contribution in [0.3, 0.4) is 0 Å². The molecule has 0 bridgehead atoms. The average Bonchev–Trinajstić information content (AvgIpc) is 3.23. The third-order valence-corrected chi connectivity index (χ3v) is 4.99. The fraction of sp³-hybridized carbons (Fsp3) is 0.529. The van der Waals surface area contributed by atoms with Crippen LogP contribution in [0.1, 0.15) is 24.4 Å². The van der Waals surface area contributed by atoms with E-state index in [0.29, 0.717) is 32.8 Å². The first kappa shape index (κ1) is 15.3. The van der Waals surface area contributed by atoms with Crippen LogP contribution < -0.4 is 19.7 Å². The molecule has 0 aromatic heterocycles. The number of likely N-dealkylation sites (tertiary alicyclic amines) is 1. The van der Waals surface area contributed by atoms with Crippen molar-refractivity contribution in [2.75, 3.05) is 39.4 Å². The van der Waals surface area contributed by atoms with E-state index in [-0.39, 0.29) is 18.0 Å². The number of rotatable bonds is 3. The van der Waals surface area contributed by atoms with E-state index >= 15 is 0 Å². The molecular formula is C17H22N3O4+. The number of quaternary nitrogens is 1. The highest BCUT2D eigenvalue weighted by Crippen LogP contribution is 2.33. The second-order valence-corrected chi connectivity index (χ2v) is 6.46. The molecule has 2 fully saturated rings. The summed E-state index contributed by atoms with van der Waals surface area (Å²) in [7, 11) is 0. The highest BCUT2D eigenvalue weighted by Gasteiger charge is 2.35. The van der Waals surface area contributed by atoms with Crippen molar-refractivity contribution in [3.05, 3.63) is 23.8 Å². The average molecular weight is 332 g/mol. The normalized spacial score (nSPS) is 25.7. The molecule has 0 saturated carbocycles. The summed E-state index contributed by atoms with van der Waals surface area (Å²) < 4.78 is 11.2. The summed E-state index contributed by atoms with van der Waals surface area (Å²) in [6.07, 6.45) is 2.11. The van der Waals surface area contributed by atoms with Crippen LogP contribution >= 0.6 is 0 Å². The van der Waals surface area contributed by atoms with Gasteiger partial charge in [0.15, 0.2) is 18.0 Å². The molecule has 7 heteroatoms. The van der Waals surface area contributed by atoms with Gasteiger partial charge in [0.2, 0.25) is 0 Å². The molecule has 0 aliphatic carbocycles. The minimum absolute atomic E-state index is 0.0931. The fourth-order valence-corrected chi connectivity index (χ4v) is 3.80. The largest absolute Gasteiger partial charge is 0.486 e. The predicted molar refractivity (Wildman–Crippen MR) is 85.2 cm³/mol. The Hall–Kier alpha value is -2.28. The quantitative estimate of drug-likeness (QED) is 0.799. The molecule has 3 aliphatic heterocycles. The van der Waals surface area contributed by atoms with E-state index in [0.717, 1.165) is 30.9 Å². The van der Waals surface area contributed by atoms with Gasteiger partial charge in [0.1, 0.15) is 19.3 Å². The molecule has 2 saturated heterocycles. The van der Waals surface area contributed by atoms with Gasteiger partial charge in [0, 0.05) is 31.5 Å². The lowest BCUT2D eigenvalue weighted by Gasteiger charge is -2.24. The standard InChI is InChI=1S/C17H21N3O4/c21-16(20-7-5-18-17(20)22)11-19-6-1-2-13(19)12-3-4-14-15(10-12)24-9-8-23-14/h3-4,10,13H,1-2,5-9,11H2,(H,18,22)/p+1/t13-/m0/s1. The highest BCUT2D eigenvalue weighted by atomic mass is 16.6. The van der Waals surface area contributed by atoms with Gasteiger partial charge in [-0.15, -0.1) is 0 Å². The minimum atomic E-state index is -0.269. The van der Waals surface area contributed by atoms with E-state index < -0.39 is 0 Å². The maximum absolute atomic E-state index is 12.4. The first-order valence-corrected chi connectivity index (χ1v) is 8.55. The Balaban J connectivity index is 1.48. The van der Waals surface area contributed by atoms with E-state index in [1.54, 1.807) is 0 Å². The summed E-state index contributed by atoms with van der Waals surface area (Å²) in [6, 6.07) is 6.05. The molecule has 0 spiro atoms. The van der Waals surface area contributed by atoms with E-state index in [1.165, 1.54) is 15.4 Å². The Morgan fingerprint density at radius 3 is 2.92 bits per heavy atom. The maximum Gasteiger partial charge on any atom is 0.324 e. The Labute approximate surface area is 140 Å². The molecule has 7 nitrogen and oxygen atoms in total. The summed E-state index contributed by atoms with van der Waals surface area (Å²) in [5.74, 6) is 1.48. The SMILES string of the molecule is O=C(C[NH+]1CCC[C@H]1c1ccc2c(c1)OCCO2)N1CCNC1=O. The molecule has 2 atom stereocenters. The molecule has 1 aromatic rings. The van der Waals surface area contributed by atoms with Crippen molar-refractivity contribution >= 4 is 11.9 Å². The van der Waals surface area contributed by atoms with Crippen molar-refractivity contribution in [2.24, 2.45) is 0 Å². The van der Waals surface area contributed by atoms with Crippen molar-refractivity contribution in [3.8, 4) is 11.5 Å². The minimum Gasteiger partial charge on any atom is -0.486 e. The number of carbonyl (C=O) groups is 2. The van der Waals surface area contributed by atoms with Gasteiger partial charge >= 0.3 is 6.03 Å². The lowest BCUT2D eigenvalue weighted by atomic mass is 10.0. The van der Waals surface area contributed by atoms with Crippen molar-refractivity contribution < 1.29 is 24.0 Å². The van der Waals surface area contributed by atoms with E-state index in [2.05, 4.69) is 11.4 Å². The Morgan fingerprint density at radius 2 is 2.12 bits per heavy atom. The van der Waals surface area contributed by atoms with Crippen molar-refractivity contribution in [1.29, 1.82) is 0 Å². The Bertz CT molecular complexity index is 663. The first-order chi connectivity index (χ1) is 11.7. The number of fused-ring (bicyclic) bond motifs is 1. The number of carbonyl (C=O) groups excluding carboxylic acids is 2. The zero-order valence-corrected chi connectivity index (χ0v) is 13.5. The monoisotopic (exact) mass is 332 g/mol. The molecule has 3 heterocycles. The number of ether oxygens (including phenoxy) is 2. The number of nitrogens with zero attached hydrogens (tertiary/aromatic N) is 1. The van der Waals surface area contributed by atoms with Gasteiger partial charge < -0.3 is 19.7 Å². The van der Waals surface area contributed by atoms with Crippen LogP contribution in [0.2, 0.25) is 0 Å². The molecule has 0 radical (unpaired) electrons. The number of benzene rings is 1. The van der Waals surface area contributed by atoms with Crippen molar-refractivity contribution in [1.82, 2.24) is 10.2 Å². The van der Waals surface area contributed by atoms with Gasteiger partial charge in [-0.2, -0.15) is 0 Å². The fourth-order valence-electron chi connectivity index (χ4n) is 3.80. The van der Waals surface area contributed by atoms with Crippen LogP contribution in [-0.2, 0) is 4.79 Å². The van der Waals surface area contributed by atoms with E-state index in [9.17, 15) is 9.59 Å². The molecule has 3 amide bonds. The van der Waals surface area contributed by atoms with Gasteiger partial charge in [-0.05, 0) is 18.2 Å². The zero-order valence-electron chi connectivity index (χ0n) is 13.5. The molecule has 24 heavy (non-hydrogen) atoms. The molecule has 4 rings (SSSR count). The topological polar surface area (TPSA) is 72.3 Å². The van der Waals surface area contributed by atoms with Gasteiger partial charge in [-0.25, -0.2) is 4.79 Å². The summed E-state index contributed by atoms with van der Waals surface area (Å²) >= 11 is 0. The van der Waals surface area contributed by atoms with Crippen LogP contribution in [0.5, 0.6) is 11.5 Å². The number of hydrogen-bond donors (Lipinski definition) is 2. The highest BCUT2D eigenvalue weighted by molar-refractivity contribution is 5.96. The number of imide groups is 1. The lowest BCUT2D eigenvalue weighted by molar-refractivity contribution is -0.910. The van der Waals surface area contributed by atoms with Crippen LogP contribution in [0.15, 0.2) is 18.2 Å². The van der Waals surface area contributed by atoms with Crippen LogP contribution in [0.25, 0.3) is 0 Å². The van der Waals surface area contributed by atoms with Crippen LogP contribution in [0, 0.1) is 0 Å². The summed E-state index contributed by atoms with van der Waals surface area (Å²) in [5, 5.41) is 2.68. The summed E-state index contributed by atoms with van der Waals surface area (Å²) in [5.41, 5.74) is 1.17. The molecule has 2 N–H and O–H groups in total. The molecule has 3 aliphatic rings. The molecule has 128 valence electrons. The number of urea groups is 1. The zero-order chi connectivity index (χ0) is 16.5. The van der Waals surface area contributed by atoms with Gasteiger partial charge in [-0.3, -0.25) is 9.69 Å².